The number of nitrogens with zero attached hydrogens (tertiary/aromatic N) is 3. The molecule has 294 valence electrons. The van der Waals surface area contributed by atoms with Crippen LogP contribution in [0.1, 0.15) is 25.0 Å². The minimum Gasteiger partial charge on any atom is -0.458 e. The van der Waals surface area contributed by atoms with Gasteiger partial charge < -0.3 is 19.4 Å². The maximum absolute atomic E-state index is 7.02. The third kappa shape index (κ3) is 5.62. The molecule has 9 aromatic carbocycles. The normalized spacial score (nSPS) is 13.5. The summed E-state index contributed by atoms with van der Waals surface area (Å²) in [6.45, 7) is 4.75. The molecule has 0 aromatic heterocycles. The summed E-state index contributed by atoms with van der Waals surface area (Å²) in [5, 5.41) is 0. The maximum Gasteiger partial charge on any atom is 0.256 e. The van der Waals surface area contributed by atoms with E-state index in [4.69, 9.17) is 4.74 Å². The van der Waals surface area contributed by atoms with Crippen LogP contribution in [0.25, 0.3) is 11.1 Å². The minimum atomic E-state index is -0.268. The fraction of sp³-hybridized carbons (Fsp3) is 0.0526. The summed E-state index contributed by atoms with van der Waals surface area (Å²) in [5.41, 5.74) is 18.7. The van der Waals surface area contributed by atoms with Crippen LogP contribution in [0.15, 0.2) is 218 Å². The highest BCUT2D eigenvalue weighted by molar-refractivity contribution is 6.99. The highest BCUT2D eigenvalue weighted by Crippen LogP contribution is 2.53. The van der Waals surface area contributed by atoms with Crippen LogP contribution in [-0.4, -0.2) is 6.71 Å². The van der Waals surface area contributed by atoms with E-state index >= 15 is 0 Å². The first-order valence-corrected chi connectivity index (χ1v) is 21.5. The van der Waals surface area contributed by atoms with Crippen molar-refractivity contribution >= 4 is 74.3 Å². The van der Waals surface area contributed by atoms with Gasteiger partial charge in [0, 0.05) is 62.7 Å². The second-order valence-electron chi connectivity index (χ2n) is 16.9. The molecule has 5 heteroatoms. The Morgan fingerprint density at radius 1 is 0.403 bits per heavy atom. The van der Waals surface area contributed by atoms with Crippen LogP contribution in [0.4, 0.5) is 51.2 Å². The van der Waals surface area contributed by atoms with Crippen molar-refractivity contribution in [1.29, 1.82) is 0 Å². The van der Waals surface area contributed by atoms with Crippen LogP contribution in [0.2, 0.25) is 0 Å². The van der Waals surface area contributed by atoms with Crippen molar-refractivity contribution in [2.45, 2.75) is 19.3 Å². The molecule has 0 spiro atoms. The molecule has 12 rings (SSSR count). The molecular formula is C57H42BN3O. The van der Waals surface area contributed by atoms with E-state index in [1.165, 1.54) is 44.3 Å². The Hall–Kier alpha value is -7.76. The maximum atomic E-state index is 7.02. The number of anilines is 9. The number of fused-ring (bicyclic) bond motifs is 7. The summed E-state index contributed by atoms with van der Waals surface area (Å²) < 4.78 is 7.02. The number of benzene rings is 9. The first-order chi connectivity index (χ1) is 30.5. The van der Waals surface area contributed by atoms with E-state index in [0.29, 0.717) is 0 Å². The predicted octanol–water partition coefficient (Wildman–Crippen LogP) is 13.3. The average molecular weight is 796 g/mol. The standard InChI is InChI=1S/C57H42BN3O/c1-57(2)48-35-44(59(39-19-8-3-9-20-39)40-21-10-4-11-22-40)31-33-46(48)47-37-53-51(38-49(47)57)58-50-34-32-45(60(41-23-12-5-13-24-41)42-25-14-6-15-26-42)36-55(50)62-54-30-18-29-52(56(54)58)61(53)43-27-16-7-17-28-43/h3-38H,1-2H3. The third-order valence-electron chi connectivity index (χ3n) is 13.0. The topological polar surface area (TPSA) is 19.0 Å². The number of rotatable bonds is 7. The Labute approximate surface area is 363 Å². The van der Waals surface area contributed by atoms with Crippen molar-refractivity contribution in [1.82, 2.24) is 0 Å². The van der Waals surface area contributed by atoms with Crippen molar-refractivity contribution in [3.8, 4) is 22.6 Å². The lowest BCUT2D eigenvalue weighted by Crippen LogP contribution is -2.59. The molecule has 1 aliphatic carbocycles. The molecule has 0 saturated heterocycles. The number of ether oxygens (including phenoxy) is 1. The van der Waals surface area contributed by atoms with Crippen LogP contribution in [0.5, 0.6) is 11.5 Å². The van der Waals surface area contributed by atoms with Crippen LogP contribution in [-0.2, 0) is 5.41 Å². The zero-order valence-electron chi connectivity index (χ0n) is 34.6. The summed E-state index contributed by atoms with van der Waals surface area (Å²) in [5.74, 6) is 1.77. The second-order valence-corrected chi connectivity index (χ2v) is 16.9. The Bertz CT molecular complexity index is 3060. The van der Waals surface area contributed by atoms with Crippen LogP contribution < -0.4 is 35.8 Å². The highest BCUT2D eigenvalue weighted by Gasteiger charge is 2.45. The van der Waals surface area contributed by atoms with Crippen LogP contribution >= 0.6 is 0 Å². The summed E-state index contributed by atoms with van der Waals surface area (Å²) >= 11 is 0. The lowest BCUT2D eigenvalue weighted by atomic mass is 9.34. The van der Waals surface area contributed by atoms with Gasteiger partial charge in [-0.15, -0.1) is 0 Å². The number of hydrogen-bond donors (Lipinski definition) is 0. The SMILES string of the molecule is CC1(C)c2cc(N(c3ccccc3)c3ccccc3)ccc2-c2cc3c(cc21)B1c2ccc(N(c4ccccc4)c4ccccc4)cc2Oc2cccc(c21)N3c1ccccc1. The molecule has 0 N–H and O–H groups in total. The fourth-order valence-electron chi connectivity index (χ4n) is 10.2. The molecule has 0 radical (unpaired) electrons. The average Bonchev–Trinajstić information content (AvgIpc) is 3.54. The van der Waals surface area contributed by atoms with Crippen molar-refractivity contribution < 1.29 is 4.74 Å². The molecule has 0 saturated carbocycles. The van der Waals surface area contributed by atoms with E-state index in [2.05, 4.69) is 247 Å². The van der Waals surface area contributed by atoms with E-state index in [0.717, 1.165) is 57.0 Å². The monoisotopic (exact) mass is 795 g/mol. The molecule has 3 aliphatic rings. The third-order valence-corrected chi connectivity index (χ3v) is 13.0. The molecule has 4 nitrogen and oxygen atoms in total. The number of hydrogen-bond acceptors (Lipinski definition) is 4. The van der Waals surface area contributed by atoms with Gasteiger partial charge in [-0.2, -0.15) is 0 Å². The summed E-state index contributed by atoms with van der Waals surface area (Å²) in [6, 6.07) is 78.7. The van der Waals surface area contributed by atoms with E-state index in [1.807, 2.05) is 0 Å². The lowest BCUT2D eigenvalue weighted by Gasteiger charge is -2.41. The Kier molecular flexibility index (Phi) is 8.26. The molecule has 62 heavy (non-hydrogen) atoms. The van der Waals surface area contributed by atoms with Gasteiger partial charge >= 0.3 is 0 Å². The fourth-order valence-corrected chi connectivity index (χ4v) is 10.2. The number of para-hydroxylation sites is 5. The van der Waals surface area contributed by atoms with E-state index in [9.17, 15) is 0 Å². The van der Waals surface area contributed by atoms with E-state index in [-0.39, 0.29) is 12.1 Å². The second kappa shape index (κ2) is 14.2. The van der Waals surface area contributed by atoms with Gasteiger partial charge in [-0.05, 0) is 136 Å². The molecule has 2 heterocycles. The van der Waals surface area contributed by atoms with Gasteiger partial charge in [-0.1, -0.05) is 129 Å². The Balaban J connectivity index is 1.04. The predicted molar refractivity (Wildman–Crippen MR) is 259 cm³/mol. The van der Waals surface area contributed by atoms with E-state index in [1.54, 1.807) is 0 Å². The smallest absolute Gasteiger partial charge is 0.256 e. The van der Waals surface area contributed by atoms with E-state index < -0.39 is 0 Å². The lowest BCUT2D eigenvalue weighted by molar-refractivity contribution is 0.487. The minimum absolute atomic E-state index is 0.0390. The molecule has 0 unspecified atom stereocenters. The molecule has 0 bridgehead atoms. The molecular weight excluding hydrogens is 753 g/mol. The summed E-state index contributed by atoms with van der Waals surface area (Å²) in [4.78, 5) is 7.12. The molecule has 2 aliphatic heterocycles. The molecule has 9 aromatic rings. The van der Waals surface area contributed by atoms with Gasteiger partial charge in [0.25, 0.3) is 6.71 Å². The van der Waals surface area contributed by atoms with Gasteiger partial charge in [0.15, 0.2) is 0 Å². The van der Waals surface area contributed by atoms with Crippen molar-refractivity contribution in [2.75, 3.05) is 14.7 Å². The molecule has 0 atom stereocenters. The highest BCUT2D eigenvalue weighted by atomic mass is 16.5. The summed E-state index contributed by atoms with van der Waals surface area (Å²) in [6.07, 6.45) is 0. The van der Waals surface area contributed by atoms with Gasteiger partial charge in [0.1, 0.15) is 11.5 Å². The van der Waals surface area contributed by atoms with Gasteiger partial charge in [0.2, 0.25) is 0 Å². The first kappa shape index (κ1) is 36.1. The Morgan fingerprint density at radius 3 is 1.50 bits per heavy atom. The van der Waals surface area contributed by atoms with Gasteiger partial charge in [-0.25, -0.2) is 0 Å². The van der Waals surface area contributed by atoms with Gasteiger partial charge in [0.05, 0.1) is 0 Å². The molecule has 0 fully saturated rings. The molecule has 0 amide bonds. The largest absolute Gasteiger partial charge is 0.458 e. The Morgan fingerprint density at radius 2 is 0.919 bits per heavy atom. The van der Waals surface area contributed by atoms with Crippen LogP contribution in [0, 0.1) is 0 Å². The van der Waals surface area contributed by atoms with Crippen molar-refractivity contribution in [2.24, 2.45) is 0 Å². The van der Waals surface area contributed by atoms with Crippen molar-refractivity contribution in [3.63, 3.8) is 0 Å². The first-order valence-electron chi connectivity index (χ1n) is 21.5. The quantitative estimate of drug-likeness (QED) is 0.150. The van der Waals surface area contributed by atoms with Gasteiger partial charge in [-0.3, -0.25) is 0 Å². The summed E-state index contributed by atoms with van der Waals surface area (Å²) in [7, 11) is 0. The van der Waals surface area contributed by atoms with Crippen LogP contribution in [0.3, 0.4) is 0 Å². The zero-order valence-corrected chi connectivity index (χ0v) is 34.6. The zero-order chi connectivity index (χ0) is 41.4. The van der Waals surface area contributed by atoms with Crippen molar-refractivity contribution in [3.05, 3.63) is 230 Å².